The number of hydrogen-bond donors (Lipinski definition) is 3. The summed E-state index contributed by atoms with van der Waals surface area (Å²) in [6.45, 7) is 4.10. The quantitative estimate of drug-likeness (QED) is 0.742. The average molecular weight is 301 g/mol. The van der Waals surface area contributed by atoms with Gasteiger partial charge in [-0.15, -0.1) is 0 Å². The van der Waals surface area contributed by atoms with Gasteiger partial charge in [0.05, 0.1) is 6.54 Å². The van der Waals surface area contributed by atoms with E-state index >= 15 is 0 Å². The summed E-state index contributed by atoms with van der Waals surface area (Å²) in [6, 6.07) is 11.8. The molecule has 0 aliphatic heterocycles. The second kappa shape index (κ2) is 6.54. The molecule has 0 atom stereocenters. The first kappa shape index (κ1) is 15.3. The average Bonchev–Trinajstić information content (AvgIpc) is 2.43. The van der Waals surface area contributed by atoms with Crippen LogP contribution in [0.2, 0.25) is 0 Å². The maximum atomic E-state index is 11.7. The Morgan fingerprint density at radius 2 is 1.86 bits per heavy atom. The van der Waals surface area contributed by atoms with Gasteiger partial charge >= 0.3 is 0 Å². The Hall–Kier alpha value is -2.14. The lowest BCUT2D eigenvalue weighted by Gasteiger charge is -2.13. The lowest BCUT2D eigenvalue weighted by Crippen LogP contribution is -2.34. The van der Waals surface area contributed by atoms with Gasteiger partial charge in [0.25, 0.3) is 0 Å². The lowest BCUT2D eigenvalue weighted by atomic mass is 10.0. The number of amides is 1. The molecule has 0 saturated heterocycles. The first-order valence-corrected chi connectivity index (χ1v) is 7.24. The van der Waals surface area contributed by atoms with E-state index in [-0.39, 0.29) is 18.5 Å². The normalized spacial score (nSPS) is 10.6. The molecule has 0 spiro atoms. The zero-order valence-electron chi connectivity index (χ0n) is 12.1. The van der Waals surface area contributed by atoms with Crippen LogP contribution < -0.4 is 16.4 Å². The van der Waals surface area contributed by atoms with Crippen LogP contribution in [0.4, 0.5) is 5.69 Å². The van der Waals surface area contributed by atoms with E-state index in [2.05, 4.69) is 10.6 Å². The summed E-state index contributed by atoms with van der Waals surface area (Å²) < 4.78 is 0. The molecule has 0 aliphatic carbocycles. The second-order valence-electron chi connectivity index (χ2n) is 5.15. The summed E-state index contributed by atoms with van der Waals surface area (Å²) >= 11 is 5.08. The van der Waals surface area contributed by atoms with Crippen molar-refractivity contribution in [2.75, 3.05) is 11.9 Å². The van der Waals surface area contributed by atoms with E-state index in [1.54, 1.807) is 0 Å². The zero-order valence-corrected chi connectivity index (χ0v) is 13.0. The van der Waals surface area contributed by atoms with Gasteiger partial charge in [-0.3, -0.25) is 4.79 Å². The van der Waals surface area contributed by atoms with Crippen LogP contribution >= 0.6 is 12.2 Å². The molecule has 0 bridgehead atoms. The van der Waals surface area contributed by atoms with Crippen LogP contribution in [0, 0.1) is 0 Å². The number of nitrogens with two attached hydrogens (primary N) is 1. The number of nitrogens with one attached hydrogen (secondary N) is 2. The van der Waals surface area contributed by atoms with Crippen molar-refractivity contribution in [2.24, 2.45) is 5.73 Å². The van der Waals surface area contributed by atoms with Gasteiger partial charge in [0.15, 0.2) is 0 Å². The van der Waals surface area contributed by atoms with Crippen molar-refractivity contribution in [3.8, 4) is 0 Å². The molecule has 1 amide bonds. The lowest BCUT2D eigenvalue weighted by molar-refractivity contribution is -0.119. The minimum Gasteiger partial charge on any atom is -0.389 e. The minimum absolute atomic E-state index is 0.0347. The van der Waals surface area contributed by atoms with E-state index in [0.29, 0.717) is 4.99 Å². The summed E-state index contributed by atoms with van der Waals surface area (Å²) in [7, 11) is 0. The third-order valence-electron chi connectivity index (χ3n) is 3.08. The number of fused-ring (bicyclic) bond motifs is 1. The van der Waals surface area contributed by atoms with E-state index in [1.807, 2.05) is 50.2 Å². The topological polar surface area (TPSA) is 67.2 Å². The molecule has 0 heterocycles. The molecule has 5 heteroatoms. The summed E-state index contributed by atoms with van der Waals surface area (Å²) in [6.07, 6.45) is 0. The highest BCUT2D eigenvalue weighted by atomic mass is 32.1. The second-order valence-corrected chi connectivity index (χ2v) is 5.59. The molecule has 21 heavy (non-hydrogen) atoms. The Morgan fingerprint density at radius 1 is 1.19 bits per heavy atom. The van der Waals surface area contributed by atoms with Crippen molar-refractivity contribution in [3.05, 3.63) is 42.0 Å². The summed E-state index contributed by atoms with van der Waals surface area (Å²) in [5.41, 5.74) is 7.49. The third kappa shape index (κ3) is 3.70. The van der Waals surface area contributed by atoms with E-state index in [4.69, 9.17) is 18.0 Å². The number of thiocarbonyl (C=S) groups is 1. The van der Waals surface area contributed by atoms with Gasteiger partial charge in [-0.2, -0.15) is 0 Å². The van der Waals surface area contributed by atoms with Crippen LogP contribution in [-0.4, -0.2) is 23.5 Å². The molecule has 0 unspecified atom stereocenters. The molecule has 2 aromatic carbocycles. The molecule has 2 aromatic rings. The number of hydrogen-bond acceptors (Lipinski definition) is 3. The van der Waals surface area contributed by atoms with Crippen molar-refractivity contribution < 1.29 is 4.79 Å². The molecular formula is C16H19N3OS. The minimum atomic E-state index is -0.0347. The Morgan fingerprint density at radius 3 is 2.48 bits per heavy atom. The number of rotatable bonds is 5. The van der Waals surface area contributed by atoms with Gasteiger partial charge in [0.1, 0.15) is 4.99 Å². The van der Waals surface area contributed by atoms with Crippen molar-refractivity contribution in [1.29, 1.82) is 0 Å². The summed E-state index contributed by atoms with van der Waals surface area (Å²) in [5.74, 6) is -0.0347. The predicted molar refractivity (Wildman–Crippen MR) is 91.6 cm³/mol. The highest BCUT2D eigenvalue weighted by molar-refractivity contribution is 7.80. The maximum Gasteiger partial charge on any atom is 0.239 e. The van der Waals surface area contributed by atoms with Gasteiger partial charge in [0.2, 0.25) is 5.91 Å². The van der Waals surface area contributed by atoms with Gasteiger partial charge < -0.3 is 16.4 Å². The fourth-order valence-electron chi connectivity index (χ4n) is 2.22. The Balaban J connectivity index is 2.27. The molecule has 0 saturated carbocycles. The van der Waals surface area contributed by atoms with Crippen molar-refractivity contribution in [3.63, 3.8) is 0 Å². The molecular weight excluding hydrogens is 282 g/mol. The smallest absolute Gasteiger partial charge is 0.239 e. The molecule has 0 radical (unpaired) electrons. The first-order chi connectivity index (χ1) is 9.99. The first-order valence-electron chi connectivity index (χ1n) is 6.84. The highest BCUT2D eigenvalue weighted by Crippen LogP contribution is 2.26. The summed E-state index contributed by atoms with van der Waals surface area (Å²) in [5, 5.41) is 8.00. The van der Waals surface area contributed by atoms with Crippen LogP contribution in [0.5, 0.6) is 0 Å². The number of benzene rings is 2. The van der Waals surface area contributed by atoms with E-state index in [0.717, 1.165) is 22.0 Å². The van der Waals surface area contributed by atoms with E-state index < -0.39 is 0 Å². The van der Waals surface area contributed by atoms with Gasteiger partial charge in [-0.1, -0.05) is 36.5 Å². The van der Waals surface area contributed by atoms with Crippen LogP contribution in [0.3, 0.4) is 0 Å². The Labute approximate surface area is 129 Å². The molecule has 4 N–H and O–H groups in total. The molecule has 4 nitrogen and oxygen atoms in total. The van der Waals surface area contributed by atoms with Crippen LogP contribution in [-0.2, 0) is 4.79 Å². The van der Waals surface area contributed by atoms with E-state index in [9.17, 15) is 4.79 Å². The SMILES string of the molecule is CC(C)NC(=O)CNc1ccc(C(N)=S)c2ccccc12. The van der Waals surface area contributed by atoms with Crippen molar-refractivity contribution in [1.82, 2.24) is 5.32 Å². The van der Waals surface area contributed by atoms with Crippen LogP contribution in [0.1, 0.15) is 19.4 Å². The zero-order chi connectivity index (χ0) is 15.4. The number of anilines is 1. The highest BCUT2D eigenvalue weighted by Gasteiger charge is 2.09. The molecule has 0 aliphatic rings. The third-order valence-corrected chi connectivity index (χ3v) is 3.30. The Bertz CT molecular complexity index is 682. The van der Waals surface area contributed by atoms with Crippen molar-refractivity contribution >= 4 is 39.6 Å². The monoisotopic (exact) mass is 301 g/mol. The Kier molecular flexibility index (Phi) is 4.75. The van der Waals surface area contributed by atoms with Gasteiger partial charge in [-0.05, 0) is 31.4 Å². The van der Waals surface area contributed by atoms with Crippen LogP contribution in [0.15, 0.2) is 36.4 Å². The fourth-order valence-corrected chi connectivity index (χ4v) is 2.39. The van der Waals surface area contributed by atoms with E-state index in [1.165, 1.54) is 0 Å². The van der Waals surface area contributed by atoms with Crippen LogP contribution in [0.25, 0.3) is 10.8 Å². The largest absolute Gasteiger partial charge is 0.389 e. The van der Waals surface area contributed by atoms with Gasteiger partial charge in [-0.25, -0.2) is 0 Å². The number of carbonyl (C=O) groups is 1. The van der Waals surface area contributed by atoms with Crippen molar-refractivity contribution in [2.45, 2.75) is 19.9 Å². The molecule has 2 rings (SSSR count). The molecule has 0 fully saturated rings. The number of carbonyl (C=O) groups excluding carboxylic acids is 1. The predicted octanol–water partition coefficient (Wildman–Crippen LogP) is 2.41. The maximum absolute atomic E-state index is 11.7. The van der Waals surface area contributed by atoms with Gasteiger partial charge in [0, 0.05) is 22.7 Å². The molecule has 110 valence electrons. The fraction of sp³-hybridized carbons (Fsp3) is 0.250. The summed E-state index contributed by atoms with van der Waals surface area (Å²) in [4.78, 5) is 12.1. The molecule has 0 aromatic heterocycles. The standard InChI is InChI=1S/C16H19N3OS/c1-10(2)19-15(20)9-18-14-8-7-13(16(17)21)11-5-3-4-6-12(11)14/h3-8,10,18H,9H2,1-2H3,(H2,17,21)(H,19,20).